The van der Waals surface area contributed by atoms with Gasteiger partial charge in [-0.25, -0.2) is 0 Å². The van der Waals surface area contributed by atoms with E-state index in [1.165, 1.54) is 18.2 Å². The van der Waals surface area contributed by atoms with Gasteiger partial charge in [0.2, 0.25) is 5.91 Å². The van der Waals surface area contributed by atoms with Gasteiger partial charge in [0.1, 0.15) is 11.5 Å². The van der Waals surface area contributed by atoms with Gasteiger partial charge >= 0.3 is 6.18 Å². The molecular weight excluding hydrogens is 557 g/mol. The molecule has 2 saturated carbocycles. The Labute approximate surface area is 251 Å². The van der Waals surface area contributed by atoms with Crippen molar-refractivity contribution in [3.63, 3.8) is 0 Å². The van der Waals surface area contributed by atoms with Crippen LogP contribution < -0.4 is 10.1 Å². The first-order chi connectivity index (χ1) is 20.6. The number of nitrogens with one attached hydrogen (secondary N) is 1. The Balaban J connectivity index is 1.16. The Morgan fingerprint density at radius 3 is 2.65 bits per heavy atom. The van der Waals surface area contributed by atoms with Crippen LogP contribution in [0.15, 0.2) is 36.4 Å². The summed E-state index contributed by atoms with van der Waals surface area (Å²) in [4.78, 5) is 28.0. The van der Waals surface area contributed by atoms with Crippen molar-refractivity contribution in [2.45, 2.75) is 70.4 Å². The molecule has 1 N–H and O–H groups in total. The van der Waals surface area contributed by atoms with E-state index in [0.717, 1.165) is 56.3 Å². The van der Waals surface area contributed by atoms with Gasteiger partial charge in [-0.2, -0.15) is 13.2 Å². The number of carbonyl (C=O) groups is 2. The molecule has 4 aliphatic rings. The summed E-state index contributed by atoms with van der Waals surface area (Å²) in [5, 5.41) is 3.16. The van der Waals surface area contributed by atoms with E-state index in [2.05, 4.69) is 24.4 Å². The second kappa shape index (κ2) is 11.8. The van der Waals surface area contributed by atoms with E-state index >= 15 is 0 Å². The van der Waals surface area contributed by atoms with Gasteiger partial charge in [-0.3, -0.25) is 9.59 Å². The van der Waals surface area contributed by atoms with Crippen molar-refractivity contribution in [2.24, 2.45) is 23.2 Å². The number of Topliss-reactive ketones (excluding diaryl/α,β-unsaturated/α-hetero) is 1. The molecule has 1 heterocycles. The summed E-state index contributed by atoms with van der Waals surface area (Å²) in [5.74, 6) is 2.15. The van der Waals surface area contributed by atoms with Crippen LogP contribution in [-0.4, -0.2) is 50.0 Å². The molecule has 0 unspecified atom stereocenters. The van der Waals surface area contributed by atoms with Gasteiger partial charge in [0, 0.05) is 48.8 Å². The summed E-state index contributed by atoms with van der Waals surface area (Å²) in [6.45, 7) is 4.71. The molecular formula is C34H41F3N2O4. The lowest BCUT2D eigenvalue weighted by molar-refractivity contribution is -0.137. The highest BCUT2D eigenvalue weighted by atomic mass is 19.4. The number of methoxy groups -OCH3 is 1. The average molecular weight is 599 g/mol. The molecule has 6 rings (SSSR count). The van der Waals surface area contributed by atoms with Crippen LogP contribution in [0, 0.1) is 23.2 Å². The second-order valence-electron chi connectivity index (χ2n) is 13.1. The molecule has 0 radical (unpaired) electrons. The molecule has 3 aliphatic carbocycles. The van der Waals surface area contributed by atoms with Gasteiger partial charge in [-0.1, -0.05) is 13.0 Å². The maximum Gasteiger partial charge on any atom is 0.416 e. The van der Waals surface area contributed by atoms with E-state index in [-0.39, 0.29) is 17.1 Å². The van der Waals surface area contributed by atoms with Gasteiger partial charge in [0.05, 0.1) is 25.9 Å². The van der Waals surface area contributed by atoms with E-state index < -0.39 is 11.7 Å². The predicted molar refractivity (Wildman–Crippen MR) is 157 cm³/mol. The maximum atomic E-state index is 13.4. The smallest absolute Gasteiger partial charge is 0.416 e. The molecule has 1 amide bonds. The second-order valence-corrected chi connectivity index (χ2v) is 13.1. The number of ketones is 1. The molecule has 2 aromatic carbocycles. The largest absolute Gasteiger partial charge is 0.497 e. The number of hydrogen-bond acceptors (Lipinski definition) is 5. The van der Waals surface area contributed by atoms with Crippen LogP contribution in [0.1, 0.15) is 74.5 Å². The molecule has 1 saturated heterocycles. The highest BCUT2D eigenvalue weighted by Crippen LogP contribution is 2.62. The molecule has 5 atom stereocenters. The SMILES string of the molecule is COc1cc(Nc2ccc3c(c2)CC[C@H]2[C@@H]4[C@@H](CCCC(=O)N5CCOCC5)CC(=O)[C@@]4(C)CC[C@H]32)cc(C(F)(F)F)c1. The van der Waals surface area contributed by atoms with Crippen molar-refractivity contribution < 1.29 is 32.2 Å². The van der Waals surface area contributed by atoms with Crippen LogP contribution in [0.2, 0.25) is 0 Å². The normalized spacial score (nSPS) is 28.6. The molecule has 2 aromatic rings. The number of hydrogen-bond donors (Lipinski definition) is 1. The standard InChI is InChI=1S/C34H41F3N2O4/c1-33-11-10-28-27-9-7-24(38-25-18-23(34(35,36)37)19-26(20-25)42-2)16-21(27)6-8-29(28)32(33)22(17-30(33)40)4-3-5-31(41)39-12-14-43-15-13-39/h7,9,16,18-20,22,28-29,32,38H,3-6,8,10-15,17H2,1-2H3/t22-,28+,29+,32-,33+/m0/s1. The molecule has 43 heavy (non-hydrogen) atoms. The van der Waals surface area contributed by atoms with Gasteiger partial charge in [-0.05, 0) is 97.6 Å². The van der Waals surface area contributed by atoms with Crippen molar-refractivity contribution in [3.8, 4) is 5.75 Å². The summed E-state index contributed by atoms with van der Waals surface area (Å²) in [7, 11) is 1.36. The van der Waals surface area contributed by atoms with Crippen LogP contribution in [0.5, 0.6) is 5.75 Å². The lowest BCUT2D eigenvalue weighted by Gasteiger charge is -2.50. The Kier molecular flexibility index (Phi) is 8.22. The van der Waals surface area contributed by atoms with Crippen LogP contribution >= 0.6 is 0 Å². The fourth-order valence-corrected chi connectivity index (χ4v) is 8.59. The zero-order valence-corrected chi connectivity index (χ0v) is 25.0. The quantitative estimate of drug-likeness (QED) is 0.367. The number of rotatable bonds is 7. The number of ether oxygens (including phenoxy) is 2. The highest BCUT2D eigenvalue weighted by Gasteiger charge is 2.58. The number of amides is 1. The molecule has 1 aliphatic heterocycles. The molecule has 6 nitrogen and oxygen atoms in total. The molecule has 0 spiro atoms. The summed E-state index contributed by atoms with van der Waals surface area (Å²) >= 11 is 0. The van der Waals surface area contributed by atoms with Crippen molar-refractivity contribution in [1.82, 2.24) is 4.90 Å². The Morgan fingerprint density at radius 1 is 1.12 bits per heavy atom. The van der Waals surface area contributed by atoms with Crippen LogP contribution in [-0.2, 0) is 26.9 Å². The number of alkyl halides is 3. The Hall–Kier alpha value is -3.07. The number of anilines is 2. The third kappa shape index (κ3) is 5.89. The average Bonchev–Trinajstić information content (AvgIpc) is 3.25. The number of aryl methyl sites for hydroxylation is 1. The Morgan fingerprint density at radius 2 is 1.91 bits per heavy atom. The van der Waals surface area contributed by atoms with E-state index in [1.54, 1.807) is 6.07 Å². The fourth-order valence-electron chi connectivity index (χ4n) is 8.59. The maximum absolute atomic E-state index is 13.4. The summed E-state index contributed by atoms with van der Waals surface area (Å²) in [6.07, 6.45) is 2.11. The number of halogens is 3. The first kappa shape index (κ1) is 30.0. The lowest BCUT2D eigenvalue weighted by atomic mass is 9.54. The zero-order valence-electron chi connectivity index (χ0n) is 25.0. The van der Waals surface area contributed by atoms with Gasteiger partial charge in [-0.15, -0.1) is 0 Å². The zero-order chi connectivity index (χ0) is 30.4. The number of carbonyl (C=O) groups excluding carboxylic acids is 2. The van der Waals surface area contributed by atoms with E-state index in [1.807, 2.05) is 11.0 Å². The molecule has 232 valence electrons. The van der Waals surface area contributed by atoms with Gasteiger partial charge in [0.25, 0.3) is 0 Å². The van der Waals surface area contributed by atoms with Crippen LogP contribution in [0.25, 0.3) is 0 Å². The number of benzene rings is 2. The monoisotopic (exact) mass is 598 g/mol. The summed E-state index contributed by atoms with van der Waals surface area (Å²) < 4.78 is 50.8. The van der Waals surface area contributed by atoms with Crippen molar-refractivity contribution >= 4 is 23.1 Å². The predicted octanol–water partition coefficient (Wildman–Crippen LogP) is 7.14. The lowest BCUT2D eigenvalue weighted by Crippen LogP contribution is -2.44. The minimum atomic E-state index is -4.47. The molecule has 0 aromatic heterocycles. The van der Waals surface area contributed by atoms with Gasteiger partial charge in [0.15, 0.2) is 0 Å². The highest BCUT2D eigenvalue weighted by molar-refractivity contribution is 5.87. The topological polar surface area (TPSA) is 67.9 Å². The van der Waals surface area contributed by atoms with Crippen molar-refractivity contribution in [1.29, 1.82) is 0 Å². The Bertz CT molecular complexity index is 1370. The molecule has 0 bridgehead atoms. The number of fused-ring (bicyclic) bond motifs is 5. The third-order valence-corrected chi connectivity index (χ3v) is 10.7. The van der Waals surface area contributed by atoms with Crippen LogP contribution in [0.4, 0.5) is 24.5 Å². The molecule has 9 heteroatoms. The minimum Gasteiger partial charge on any atom is -0.497 e. The summed E-state index contributed by atoms with van der Waals surface area (Å²) in [5.41, 5.74) is 2.57. The summed E-state index contributed by atoms with van der Waals surface area (Å²) in [6, 6.07) is 9.83. The number of nitrogens with zero attached hydrogens (tertiary/aromatic N) is 1. The third-order valence-electron chi connectivity index (χ3n) is 10.7. The first-order valence-corrected chi connectivity index (χ1v) is 15.6. The fraction of sp³-hybridized carbons (Fsp3) is 0.588. The number of morpholine rings is 1. The molecule has 3 fully saturated rings. The minimum absolute atomic E-state index is 0.148. The van der Waals surface area contributed by atoms with Crippen LogP contribution in [0.3, 0.4) is 0 Å². The van der Waals surface area contributed by atoms with Crippen molar-refractivity contribution in [2.75, 3.05) is 38.7 Å². The van der Waals surface area contributed by atoms with Crippen molar-refractivity contribution in [3.05, 3.63) is 53.1 Å². The first-order valence-electron chi connectivity index (χ1n) is 15.6. The van der Waals surface area contributed by atoms with E-state index in [9.17, 15) is 22.8 Å². The van der Waals surface area contributed by atoms with E-state index in [4.69, 9.17) is 9.47 Å². The van der Waals surface area contributed by atoms with E-state index in [0.29, 0.717) is 74.3 Å². The van der Waals surface area contributed by atoms with Gasteiger partial charge < -0.3 is 19.7 Å².